The van der Waals surface area contributed by atoms with Crippen molar-refractivity contribution in [1.82, 2.24) is 4.98 Å². The number of rotatable bonds is 3. The topological polar surface area (TPSA) is 70.5 Å². The van der Waals surface area contributed by atoms with E-state index in [0.29, 0.717) is 36.8 Å². The molecule has 1 N–H and O–H groups in total. The molecule has 5 nitrogen and oxygen atoms in total. The predicted molar refractivity (Wildman–Crippen MR) is 112 cm³/mol. The van der Waals surface area contributed by atoms with Crippen molar-refractivity contribution in [2.45, 2.75) is 36.8 Å². The van der Waals surface area contributed by atoms with Crippen molar-refractivity contribution in [1.29, 1.82) is 0 Å². The van der Waals surface area contributed by atoms with E-state index in [9.17, 15) is 13.5 Å². The van der Waals surface area contributed by atoms with Crippen LogP contribution in [0.4, 0.5) is 5.69 Å². The number of fused-ring (bicyclic) bond motifs is 1. The first-order valence-corrected chi connectivity index (χ1v) is 11.1. The Balaban J connectivity index is 1.61. The van der Waals surface area contributed by atoms with Crippen LogP contribution in [0, 0.1) is 13.8 Å². The standard InChI is InChI=1S/C22H24N2O3S/c1-15-5-3-7-19(16(15)2)24-13-10-17(11-14-24)28(26,27)21-9-8-20(25)22-18(21)6-4-12-23-22/h3-9,12,17,25H,10-11,13-14H2,1-2H3. The van der Waals surface area contributed by atoms with E-state index in [0.717, 1.165) is 0 Å². The number of aromatic hydroxyl groups is 1. The second kappa shape index (κ2) is 7.09. The number of piperidine rings is 1. The van der Waals surface area contributed by atoms with Crippen molar-refractivity contribution in [3.63, 3.8) is 0 Å². The Bertz CT molecular complexity index is 1130. The van der Waals surface area contributed by atoms with Crippen LogP contribution in [-0.2, 0) is 9.84 Å². The molecule has 0 atom stereocenters. The highest BCUT2D eigenvalue weighted by Gasteiger charge is 2.33. The van der Waals surface area contributed by atoms with E-state index < -0.39 is 15.1 Å². The van der Waals surface area contributed by atoms with Gasteiger partial charge in [-0.3, -0.25) is 4.98 Å². The van der Waals surface area contributed by atoms with Crippen LogP contribution in [0.25, 0.3) is 10.9 Å². The molecule has 0 radical (unpaired) electrons. The molecule has 6 heteroatoms. The molecule has 1 fully saturated rings. The zero-order valence-electron chi connectivity index (χ0n) is 16.1. The third-order valence-corrected chi connectivity index (χ3v) is 8.13. The van der Waals surface area contributed by atoms with E-state index >= 15 is 0 Å². The molecular weight excluding hydrogens is 372 g/mol. The molecule has 146 valence electrons. The third kappa shape index (κ3) is 3.11. The molecule has 1 aliphatic rings. The van der Waals surface area contributed by atoms with E-state index in [1.54, 1.807) is 18.3 Å². The zero-order valence-corrected chi connectivity index (χ0v) is 16.9. The summed E-state index contributed by atoms with van der Waals surface area (Å²) in [6, 6.07) is 12.6. The number of aromatic nitrogens is 1. The van der Waals surface area contributed by atoms with E-state index in [1.807, 2.05) is 0 Å². The smallest absolute Gasteiger partial charge is 0.182 e. The molecule has 28 heavy (non-hydrogen) atoms. The van der Waals surface area contributed by atoms with Crippen LogP contribution in [0.15, 0.2) is 53.6 Å². The highest BCUT2D eigenvalue weighted by atomic mass is 32.2. The van der Waals surface area contributed by atoms with Gasteiger partial charge in [0.05, 0.1) is 10.1 Å². The van der Waals surface area contributed by atoms with Gasteiger partial charge in [-0.25, -0.2) is 8.42 Å². The Morgan fingerprint density at radius 3 is 2.54 bits per heavy atom. The second-order valence-electron chi connectivity index (χ2n) is 7.43. The first-order chi connectivity index (χ1) is 13.4. The van der Waals surface area contributed by atoms with Gasteiger partial charge in [0.1, 0.15) is 11.3 Å². The maximum atomic E-state index is 13.3. The summed E-state index contributed by atoms with van der Waals surface area (Å²) in [5, 5.41) is 10.1. The van der Waals surface area contributed by atoms with Crippen LogP contribution < -0.4 is 4.90 Å². The van der Waals surface area contributed by atoms with E-state index in [2.05, 4.69) is 41.9 Å². The van der Waals surface area contributed by atoms with Crippen LogP contribution >= 0.6 is 0 Å². The highest BCUT2D eigenvalue weighted by Crippen LogP contribution is 2.34. The normalized spacial score (nSPS) is 15.9. The largest absolute Gasteiger partial charge is 0.506 e. The molecule has 0 unspecified atom stereocenters. The predicted octanol–water partition coefficient (Wildman–Crippen LogP) is 4.00. The number of phenols is 1. The van der Waals surface area contributed by atoms with Gasteiger partial charge >= 0.3 is 0 Å². The Hall–Kier alpha value is -2.60. The maximum absolute atomic E-state index is 13.3. The van der Waals surface area contributed by atoms with Crippen molar-refractivity contribution in [2.24, 2.45) is 0 Å². The minimum Gasteiger partial charge on any atom is -0.506 e. The summed E-state index contributed by atoms with van der Waals surface area (Å²) in [5.74, 6) is -0.000656. The summed E-state index contributed by atoms with van der Waals surface area (Å²) < 4.78 is 26.7. The molecule has 0 spiro atoms. The van der Waals surface area contributed by atoms with Gasteiger partial charge in [-0.2, -0.15) is 0 Å². The Kier molecular flexibility index (Phi) is 4.75. The first-order valence-electron chi connectivity index (χ1n) is 9.51. The average Bonchev–Trinajstić information content (AvgIpc) is 2.70. The maximum Gasteiger partial charge on any atom is 0.182 e. The van der Waals surface area contributed by atoms with Crippen LogP contribution in [0.1, 0.15) is 24.0 Å². The second-order valence-corrected chi connectivity index (χ2v) is 9.63. The number of sulfone groups is 1. The van der Waals surface area contributed by atoms with Gasteiger partial charge in [0.2, 0.25) is 0 Å². The molecular formula is C22H24N2O3S. The lowest BCUT2D eigenvalue weighted by molar-refractivity contribution is 0.480. The lowest BCUT2D eigenvalue weighted by Crippen LogP contribution is -2.39. The summed E-state index contributed by atoms with van der Waals surface area (Å²) in [6.07, 6.45) is 2.72. The monoisotopic (exact) mass is 396 g/mol. The van der Waals surface area contributed by atoms with Crippen LogP contribution in [0.3, 0.4) is 0 Å². The van der Waals surface area contributed by atoms with Gasteiger partial charge in [-0.05, 0) is 68.1 Å². The third-order valence-electron chi connectivity index (χ3n) is 5.81. The van der Waals surface area contributed by atoms with E-state index in [1.165, 1.54) is 28.9 Å². The molecule has 2 heterocycles. The lowest BCUT2D eigenvalue weighted by atomic mass is 10.0. The minimum atomic E-state index is -3.51. The molecule has 0 saturated carbocycles. The lowest BCUT2D eigenvalue weighted by Gasteiger charge is -2.34. The molecule has 2 aromatic carbocycles. The Morgan fingerprint density at radius 1 is 1.04 bits per heavy atom. The highest BCUT2D eigenvalue weighted by molar-refractivity contribution is 7.92. The first kappa shape index (κ1) is 18.7. The zero-order chi connectivity index (χ0) is 19.9. The molecule has 1 aliphatic heterocycles. The number of nitrogens with zero attached hydrogens (tertiary/aromatic N) is 2. The number of anilines is 1. The van der Waals surface area contributed by atoms with Gasteiger partial charge in [0.15, 0.2) is 9.84 Å². The number of benzene rings is 2. The molecule has 1 saturated heterocycles. The summed E-state index contributed by atoms with van der Waals surface area (Å²) in [7, 11) is -3.51. The Morgan fingerprint density at radius 2 is 1.79 bits per heavy atom. The number of aryl methyl sites for hydroxylation is 1. The van der Waals surface area contributed by atoms with Crippen molar-refractivity contribution in [2.75, 3.05) is 18.0 Å². The summed E-state index contributed by atoms with van der Waals surface area (Å²) >= 11 is 0. The van der Waals surface area contributed by atoms with E-state index in [-0.39, 0.29) is 10.6 Å². The summed E-state index contributed by atoms with van der Waals surface area (Å²) in [4.78, 5) is 6.69. The van der Waals surface area contributed by atoms with Crippen molar-refractivity contribution in [3.05, 3.63) is 59.8 Å². The summed E-state index contributed by atoms with van der Waals surface area (Å²) in [6.45, 7) is 5.63. The number of phenolic OH excluding ortho intramolecular Hbond substituents is 1. The molecule has 4 rings (SSSR count). The van der Waals surface area contributed by atoms with Gasteiger partial charge in [-0.15, -0.1) is 0 Å². The van der Waals surface area contributed by atoms with Crippen LogP contribution in [0.5, 0.6) is 5.75 Å². The molecule has 0 bridgehead atoms. The van der Waals surface area contributed by atoms with Crippen molar-refractivity contribution >= 4 is 26.4 Å². The number of hydrogen-bond donors (Lipinski definition) is 1. The van der Waals surface area contributed by atoms with Gasteiger partial charge in [-0.1, -0.05) is 12.1 Å². The van der Waals surface area contributed by atoms with Crippen LogP contribution in [-0.4, -0.2) is 36.8 Å². The Labute approximate surface area is 165 Å². The quantitative estimate of drug-likeness (QED) is 0.725. The fourth-order valence-corrected chi connectivity index (χ4v) is 5.96. The van der Waals surface area contributed by atoms with Gasteiger partial charge < -0.3 is 10.0 Å². The number of pyridine rings is 1. The van der Waals surface area contributed by atoms with Crippen molar-refractivity contribution < 1.29 is 13.5 Å². The van der Waals surface area contributed by atoms with Crippen LogP contribution in [0.2, 0.25) is 0 Å². The minimum absolute atomic E-state index is 0.000656. The fourth-order valence-electron chi connectivity index (χ4n) is 4.04. The molecule has 0 aliphatic carbocycles. The van der Waals surface area contributed by atoms with E-state index in [4.69, 9.17) is 0 Å². The molecule has 1 aromatic heterocycles. The SMILES string of the molecule is Cc1cccc(N2CCC(S(=O)(=O)c3ccc(O)c4ncccc34)CC2)c1C. The fraction of sp³-hybridized carbons (Fsp3) is 0.318. The molecule has 0 amide bonds. The van der Waals surface area contributed by atoms with Gasteiger partial charge in [0.25, 0.3) is 0 Å². The molecule has 3 aromatic rings. The average molecular weight is 397 g/mol. The van der Waals surface area contributed by atoms with Gasteiger partial charge in [0, 0.05) is 30.4 Å². The van der Waals surface area contributed by atoms with Crippen molar-refractivity contribution in [3.8, 4) is 5.75 Å². The summed E-state index contributed by atoms with van der Waals surface area (Å²) in [5.41, 5.74) is 4.02. The number of hydrogen-bond acceptors (Lipinski definition) is 5.